The van der Waals surface area contributed by atoms with Crippen molar-refractivity contribution in [3.63, 3.8) is 0 Å². The Balaban J connectivity index is 1.87. The molecule has 0 aliphatic rings. The Kier molecular flexibility index (Phi) is 3.19. The summed E-state index contributed by atoms with van der Waals surface area (Å²) in [6.45, 7) is 0.700. The minimum Gasteiger partial charge on any atom is -0.365 e. The van der Waals surface area contributed by atoms with Gasteiger partial charge >= 0.3 is 0 Å². The fraction of sp³-hybridized carbons (Fsp3) is 0.100. The Hall–Kier alpha value is -1.18. The van der Waals surface area contributed by atoms with E-state index in [1.165, 1.54) is 11.2 Å². The molecule has 0 amide bonds. The number of aromatic nitrogens is 4. The Morgan fingerprint density at radius 1 is 1.44 bits per heavy atom. The van der Waals surface area contributed by atoms with Crippen molar-refractivity contribution in [2.24, 2.45) is 0 Å². The zero-order valence-electron chi connectivity index (χ0n) is 8.97. The number of fused-ring (bicyclic) bond motifs is 1. The van der Waals surface area contributed by atoms with Gasteiger partial charge in [0.2, 0.25) is 0 Å². The van der Waals surface area contributed by atoms with Crippen molar-refractivity contribution in [3.8, 4) is 0 Å². The summed E-state index contributed by atoms with van der Waals surface area (Å²) in [6, 6.07) is 3.80. The predicted molar refractivity (Wildman–Crippen MR) is 75.1 cm³/mol. The first-order valence-electron chi connectivity index (χ1n) is 5.05. The molecule has 8 heteroatoms. The average molecular weight is 345 g/mol. The lowest BCUT2D eigenvalue weighted by molar-refractivity contribution is 0.928. The number of hydrogen-bond donors (Lipinski definition) is 1. The van der Waals surface area contributed by atoms with Gasteiger partial charge in [0.25, 0.3) is 5.78 Å². The maximum Gasteiger partial charge on any atom is 0.255 e. The summed E-state index contributed by atoms with van der Waals surface area (Å²) in [4.78, 5) is 9.29. The van der Waals surface area contributed by atoms with Gasteiger partial charge in [-0.25, -0.2) is 0 Å². The molecule has 0 aromatic carbocycles. The highest BCUT2D eigenvalue weighted by molar-refractivity contribution is 9.10. The molecule has 0 radical (unpaired) electrons. The summed E-state index contributed by atoms with van der Waals surface area (Å²) in [5.74, 6) is 1.25. The summed E-state index contributed by atoms with van der Waals surface area (Å²) in [5.41, 5.74) is 0. The molecule has 3 rings (SSSR count). The molecule has 3 heterocycles. The van der Waals surface area contributed by atoms with E-state index in [9.17, 15) is 0 Å². The topological polar surface area (TPSA) is 55.1 Å². The monoisotopic (exact) mass is 343 g/mol. The Labute approximate surface area is 120 Å². The molecular weight excluding hydrogens is 338 g/mol. The van der Waals surface area contributed by atoms with Crippen LogP contribution in [0.3, 0.4) is 0 Å². The van der Waals surface area contributed by atoms with Gasteiger partial charge in [-0.05, 0) is 22.0 Å². The minimum absolute atomic E-state index is 0.394. The van der Waals surface area contributed by atoms with Gasteiger partial charge in [0.05, 0.1) is 6.54 Å². The molecular formula is C10H7BrClN5S. The molecule has 0 unspecified atom stereocenters. The largest absolute Gasteiger partial charge is 0.365 e. The molecule has 0 saturated heterocycles. The van der Waals surface area contributed by atoms with E-state index in [0.717, 1.165) is 10.3 Å². The van der Waals surface area contributed by atoms with Crippen LogP contribution in [0.4, 0.5) is 5.82 Å². The van der Waals surface area contributed by atoms with E-state index >= 15 is 0 Å². The van der Waals surface area contributed by atoms with Gasteiger partial charge in [-0.2, -0.15) is 19.6 Å². The fourth-order valence-corrected chi connectivity index (χ4v) is 3.10. The maximum absolute atomic E-state index is 5.93. The number of nitrogens with zero attached hydrogens (tertiary/aromatic N) is 4. The first-order chi connectivity index (χ1) is 8.72. The summed E-state index contributed by atoms with van der Waals surface area (Å²) >= 11 is 11.0. The second kappa shape index (κ2) is 4.83. The zero-order chi connectivity index (χ0) is 12.5. The molecule has 0 spiro atoms. The second-order valence-corrected chi connectivity index (χ2v) is 5.82. The van der Waals surface area contributed by atoms with Gasteiger partial charge in [-0.3, -0.25) is 0 Å². The average Bonchev–Trinajstić information content (AvgIpc) is 2.94. The Bertz CT molecular complexity index is 694. The van der Waals surface area contributed by atoms with Gasteiger partial charge in [-0.15, -0.1) is 11.3 Å². The van der Waals surface area contributed by atoms with Gasteiger partial charge in [0.1, 0.15) is 17.3 Å². The lowest BCUT2D eigenvalue weighted by Crippen LogP contribution is -2.05. The lowest BCUT2D eigenvalue weighted by atomic mass is 10.4. The minimum atomic E-state index is 0.394. The standard InChI is InChI=1S/C10H7BrClN5S/c11-6-1-7(18-4-6)3-13-9-2-8(12)16-10-14-5-15-17(9)10/h1-2,4-5,13H,3H2. The van der Waals surface area contributed by atoms with E-state index in [-0.39, 0.29) is 0 Å². The highest BCUT2D eigenvalue weighted by Crippen LogP contribution is 2.21. The normalized spacial score (nSPS) is 11.0. The molecule has 0 aliphatic carbocycles. The predicted octanol–water partition coefficient (Wildman–Crippen LogP) is 3.21. The van der Waals surface area contributed by atoms with Gasteiger partial charge in [0, 0.05) is 20.8 Å². The van der Waals surface area contributed by atoms with Crippen LogP contribution in [0, 0.1) is 0 Å². The van der Waals surface area contributed by atoms with Crippen molar-refractivity contribution in [1.29, 1.82) is 0 Å². The van der Waals surface area contributed by atoms with Crippen LogP contribution in [-0.2, 0) is 6.54 Å². The van der Waals surface area contributed by atoms with Crippen LogP contribution < -0.4 is 5.32 Å². The highest BCUT2D eigenvalue weighted by Gasteiger charge is 2.06. The summed E-state index contributed by atoms with van der Waals surface area (Å²) in [7, 11) is 0. The van der Waals surface area contributed by atoms with E-state index < -0.39 is 0 Å². The summed E-state index contributed by atoms with van der Waals surface area (Å²) in [6.07, 6.45) is 1.45. The van der Waals surface area contributed by atoms with Crippen molar-refractivity contribution in [1.82, 2.24) is 19.6 Å². The quantitative estimate of drug-likeness (QED) is 0.741. The van der Waals surface area contributed by atoms with E-state index in [2.05, 4.69) is 42.4 Å². The van der Waals surface area contributed by atoms with Crippen molar-refractivity contribution in [2.75, 3.05) is 5.32 Å². The van der Waals surface area contributed by atoms with Crippen LogP contribution >= 0.6 is 38.9 Å². The fourth-order valence-electron chi connectivity index (χ4n) is 1.53. The Morgan fingerprint density at radius 2 is 2.33 bits per heavy atom. The number of nitrogens with one attached hydrogen (secondary N) is 1. The van der Waals surface area contributed by atoms with E-state index in [1.54, 1.807) is 21.9 Å². The Morgan fingerprint density at radius 3 is 3.11 bits per heavy atom. The van der Waals surface area contributed by atoms with Gasteiger partial charge in [-0.1, -0.05) is 11.6 Å². The molecule has 0 saturated carbocycles. The van der Waals surface area contributed by atoms with Crippen LogP contribution in [0.2, 0.25) is 5.15 Å². The molecule has 0 atom stereocenters. The third kappa shape index (κ3) is 2.33. The molecule has 0 aliphatic heterocycles. The molecule has 5 nitrogen and oxygen atoms in total. The molecule has 92 valence electrons. The number of hydrogen-bond acceptors (Lipinski definition) is 5. The molecule has 3 aromatic heterocycles. The van der Waals surface area contributed by atoms with Crippen LogP contribution in [-0.4, -0.2) is 19.6 Å². The van der Waals surface area contributed by atoms with Gasteiger partial charge in [0.15, 0.2) is 0 Å². The van der Waals surface area contributed by atoms with Crippen LogP contribution in [0.5, 0.6) is 0 Å². The molecule has 1 N–H and O–H groups in total. The second-order valence-electron chi connectivity index (χ2n) is 3.52. The number of thiophene rings is 1. The van der Waals surface area contributed by atoms with Crippen molar-refractivity contribution in [3.05, 3.63) is 38.3 Å². The van der Waals surface area contributed by atoms with Crippen LogP contribution in [0.1, 0.15) is 4.88 Å². The third-order valence-corrected chi connectivity index (χ3v) is 4.18. The first-order valence-corrected chi connectivity index (χ1v) is 7.10. The van der Waals surface area contributed by atoms with E-state index in [1.807, 2.05) is 5.38 Å². The molecule has 0 bridgehead atoms. The lowest BCUT2D eigenvalue weighted by Gasteiger charge is -2.06. The third-order valence-electron chi connectivity index (χ3n) is 2.29. The van der Waals surface area contributed by atoms with Crippen molar-refractivity contribution >= 4 is 50.5 Å². The van der Waals surface area contributed by atoms with Crippen LogP contribution in [0.15, 0.2) is 28.3 Å². The number of anilines is 1. The number of halogens is 2. The summed E-state index contributed by atoms with van der Waals surface area (Å²) < 4.78 is 2.71. The van der Waals surface area contributed by atoms with Crippen LogP contribution in [0.25, 0.3) is 5.78 Å². The number of rotatable bonds is 3. The highest BCUT2D eigenvalue weighted by atomic mass is 79.9. The smallest absolute Gasteiger partial charge is 0.255 e. The first kappa shape index (κ1) is 11.9. The molecule has 3 aromatic rings. The van der Waals surface area contributed by atoms with Crippen molar-refractivity contribution in [2.45, 2.75) is 6.54 Å². The van der Waals surface area contributed by atoms with Gasteiger partial charge < -0.3 is 5.32 Å². The zero-order valence-corrected chi connectivity index (χ0v) is 12.1. The van der Waals surface area contributed by atoms with Crippen molar-refractivity contribution < 1.29 is 0 Å². The van der Waals surface area contributed by atoms with E-state index in [0.29, 0.717) is 17.5 Å². The molecule has 0 fully saturated rings. The maximum atomic E-state index is 5.93. The summed E-state index contributed by atoms with van der Waals surface area (Å²) in [5, 5.41) is 9.80. The van der Waals surface area contributed by atoms with E-state index in [4.69, 9.17) is 11.6 Å². The molecule has 18 heavy (non-hydrogen) atoms. The SMILES string of the molecule is Clc1cc(NCc2cc(Br)cs2)n2ncnc2n1.